The molecule has 4 rings (SSSR count). The summed E-state index contributed by atoms with van der Waals surface area (Å²) in [6.07, 6.45) is 0. The summed E-state index contributed by atoms with van der Waals surface area (Å²) < 4.78 is 6.08. The molecule has 0 amide bonds. The first kappa shape index (κ1) is 14.2. The summed E-state index contributed by atoms with van der Waals surface area (Å²) in [5, 5.41) is 7.87. The molecule has 112 valence electrons. The van der Waals surface area contributed by atoms with Crippen LogP contribution in [0.1, 0.15) is 0 Å². The number of rotatable bonds is 3. The Morgan fingerprint density at radius 3 is 1.48 bits per heavy atom. The Kier molecular flexibility index (Phi) is 3.70. The third kappa shape index (κ3) is 2.46. The van der Waals surface area contributed by atoms with Crippen LogP contribution in [-0.4, -0.2) is 16.2 Å². The first-order valence-corrected chi connectivity index (χ1v) is 9.49. The molecule has 0 aliphatic carbocycles. The molecule has 0 spiro atoms. The predicted molar refractivity (Wildman–Crippen MR) is 101 cm³/mol. The molecule has 0 fully saturated rings. The van der Waals surface area contributed by atoms with E-state index in [4.69, 9.17) is 4.43 Å². The second kappa shape index (κ2) is 5.99. The van der Waals surface area contributed by atoms with Crippen molar-refractivity contribution in [1.82, 2.24) is 0 Å². The van der Waals surface area contributed by atoms with Gasteiger partial charge in [-0.05, 0) is 31.9 Å². The topological polar surface area (TPSA) is 9.23 Å². The third-order valence-electron chi connectivity index (χ3n) is 4.45. The van der Waals surface area contributed by atoms with Crippen LogP contribution in [-0.2, 0) is 4.43 Å². The van der Waals surface area contributed by atoms with Gasteiger partial charge in [-0.1, -0.05) is 84.9 Å². The molecule has 4 aromatic carbocycles. The van der Waals surface area contributed by atoms with Gasteiger partial charge in [-0.3, -0.25) is 0 Å². The van der Waals surface area contributed by atoms with Gasteiger partial charge in [-0.2, -0.15) is 0 Å². The Morgan fingerprint density at radius 1 is 0.565 bits per heavy atom. The summed E-state index contributed by atoms with van der Waals surface area (Å²) in [6, 6.07) is 30.2. The molecule has 0 aromatic heterocycles. The Balaban J connectivity index is 1.97. The molecule has 2 heteroatoms. The third-order valence-corrected chi connectivity index (χ3v) is 7.06. The molecule has 0 N–H and O–H groups in total. The average molecular weight is 314 g/mol. The number of hydrogen-bond donors (Lipinski definition) is 0. The summed E-state index contributed by atoms with van der Waals surface area (Å²) in [7, 11) is 0.118. The molecule has 0 saturated heterocycles. The maximum atomic E-state index is 6.08. The zero-order valence-corrected chi connectivity index (χ0v) is 14.2. The van der Waals surface area contributed by atoms with Gasteiger partial charge >= 0.3 is 0 Å². The van der Waals surface area contributed by atoms with Crippen LogP contribution in [0.4, 0.5) is 0 Å². The van der Waals surface area contributed by atoms with E-state index in [9.17, 15) is 0 Å². The van der Waals surface area contributed by atoms with E-state index in [1.807, 2.05) is 7.11 Å². The average Bonchev–Trinajstić information content (AvgIpc) is 2.63. The van der Waals surface area contributed by atoms with Crippen LogP contribution in [0, 0.1) is 0 Å². The molecular formula is C21H18OSi. The second-order valence-corrected chi connectivity index (χ2v) is 8.23. The van der Waals surface area contributed by atoms with Crippen molar-refractivity contribution < 1.29 is 4.43 Å². The lowest BCUT2D eigenvalue weighted by atomic mass is 10.1. The molecule has 0 bridgehead atoms. The van der Waals surface area contributed by atoms with Crippen LogP contribution in [0.3, 0.4) is 0 Å². The standard InChI is InChI=1S/C21H18OSi/c1-22-23(20-14-6-10-16-8-2-4-12-18(16)20)21-15-7-11-17-9-3-5-13-19(17)21/h2-15,23H,1H3. The van der Waals surface area contributed by atoms with E-state index in [0.29, 0.717) is 0 Å². The predicted octanol–water partition coefficient (Wildman–Crippen LogP) is 3.48. The normalized spacial score (nSPS) is 11.4. The van der Waals surface area contributed by atoms with Crippen molar-refractivity contribution >= 4 is 41.0 Å². The highest BCUT2D eigenvalue weighted by Crippen LogP contribution is 2.15. The van der Waals surface area contributed by atoms with Crippen LogP contribution < -0.4 is 10.4 Å². The molecule has 0 unspecified atom stereocenters. The Morgan fingerprint density at radius 2 is 1.00 bits per heavy atom. The van der Waals surface area contributed by atoms with Gasteiger partial charge in [0, 0.05) is 7.11 Å². The van der Waals surface area contributed by atoms with E-state index in [0.717, 1.165) is 0 Å². The molecule has 4 aromatic rings. The van der Waals surface area contributed by atoms with Gasteiger partial charge in [0.05, 0.1) is 0 Å². The second-order valence-electron chi connectivity index (χ2n) is 5.75. The summed E-state index contributed by atoms with van der Waals surface area (Å²) in [6.45, 7) is 0. The molecule has 1 nitrogen and oxygen atoms in total. The highest BCUT2D eigenvalue weighted by Gasteiger charge is 2.20. The lowest BCUT2D eigenvalue weighted by Crippen LogP contribution is -2.44. The minimum absolute atomic E-state index is 1.28. The van der Waals surface area contributed by atoms with Gasteiger partial charge in [0.15, 0.2) is 0 Å². The molecular weight excluding hydrogens is 296 g/mol. The van der Waals surface area contributed by atoms with Crippen molar-refractivity contribution in [3.05, 3.63) is 84.9 Å². The highest BCUT2D eigenvalue weighted by atomic mass is 28.3. The minimum atomic E-state index is -1.73. The zero-order chi connectivity index (χ0) is 15.6. The fourth-order valence-corrected chi connectivity index (χ4v) is 5.89. The fraction of sp³-hybridized carbons (Fsp3) is 0.0476. The van der Waals surface area contributed by atoms with Crippen molar-refractivity contribution in [3.8, 4) is 0 Å². The van der Waals surface area contributed by atoms with E-state index in [-0.39, 0.29) is 0 Å². The fourth-order valence-electron chi connectivity index (χ4n) is 3.38. The number of hydrogen-bond acceptors (Lipinski definition) is 1. The zero-order valence-electron chi connectivity index (χ0n) is 13.1. The van der Waals surface area contributed by atoms with Crippen LogP contribution in [0.25, 0.3) is 21.5 Å². The van der Waals surface area contributed by atoms with E-state index in [2.05, 4.69) is 84.9 Å². The summed E-state index contributed by atoms with van der Waals surface area (Å²) in [5.41, 5.74) is 0. The van der Waals surface area contributed by atoms with Crippen molar-refractivity contribution in [1.29, 1.82) is 0 Å². The van der Waals surface area contributed by atoms with Crippen LogP contribution >= 0.6 is 0 Å². The maximum Gasteiger partial charge on any atom is 0.240 e. The monoisotopic (exact) mass is 314 g/mol. The van der Waals surface area contributed by atoms with Crippen LogP contribution in [0.2, 0.25) is 0 Å². The van der Waals surface area contributed by atoms with E-state index >= 15 is 0 Å². The number of fused-ring (bicyclic) bond motifs is 2. The van der Waals surface area contributed by atoms with Gasteiger partial charge in [0.2, 0.25) is 9.04 Å². The maximum absolute atomic E-state index is 6.08. The number of benzene rings is 4. The molecule has 23 heavy (non-hydrogen) atoms. The van der Waals surface area contributed by atoms with E-state index < -0.39 is 9.04 Å². The van der Waals surface area contributed by atoms with Crippen molar-refractivity contribution in [2.45, 2.75) is 0 Å². The van der Waals surface area contributed by atoms with E-state index in [1.54, 1.807) is 0 Å². The van der Waals surface area contributed by atoms with Crippen molar-refractivity contribution in [2.75, 3.05) is 7.11 Å². The van der Waals surface area contributed by atoms with E-state index in [1.165, 1.54) is 31.9 Å². The molecule has 0 radical (unpaired) electrons. The van der Waals surface area contributed by atoms with Gasteiger partial charge in [0.25, 0.3) is 0 Å². The Hall–Kier alpha value is -2.42. The highest BCUT2D eigenvalue weighted by molar-refractivity contribution is 6.83. The van der Waals surface area contributed by atoms with Crippen LogP contribution in [0.15, 0.2) is 84.9 Å². The van der Waals surface area contributed by atoms with Gasteiger partial charge in [-0.15, -0.1) is 0 Å². The smallest absolute Gasteiger partial charge is 0.240 e. The first-order valence-electron chi connectivity index (χ1n) is 7.86. The SMILES string of the molecule is CO[SiH](c1cccc2ccccc12)c1cccc2ccccc12. The quantitative estimate of drug-likeness (QED) is 0.526. The molecule has 0 heterocycles. The minimum Gasteiger partial charge on any atom is -0.414 e. The van der Waals surface area contributed by atoms with Crippen LogP contribution in [0.5, 0.6) is 0 Å². The van der Waals surface area contributed by atoms with Gasteiger partial charge in [0.1, 0.15) is 0 Å². The van der Waals surface area contributed by atoms with Crippen molar-refractivity contribution in [2.24, 2.45) is 0 Å². The first-order chi connectivity index (χ1) is 11.4. The van der Waals surface area contributed by atoms with Crippen molar-refractivity contribution in [3.63, 3.8) is 0 Å². The van der Waals surface area contributed by atoms with Gasteiger partial charge < -0.3 is 4.43 Å². The Bertz CT molecular complexity index is 887. The lowest BCUT2D eigenvalue weighted by molar-refractivity contribution is 0.439. The molecule has 0 atom stereocenters. The molecule has 0 aliphatic rings. The van der Waals surface area contributed by atoms with Gasteiger partial charge in [-0.25, -0.2) is 0 Å². The largest absolute Gasteiger partial charge is 0.414 e. The summed E-state index contributed by atoms with van der Waals surface area (Å²) in [4.78, 5) is 0. The summed E-state index contributed by atoms with van der Waals surface area (Å²) in [5.74, 6) is 0. The molecule has 0 aliphatic heterocycles. The Labute approximate surface area is 137 Å². The molecule has 0 saturated carbocycles. The summed E-state index contributed by atoms with van der Waals surface area (Å²) >= 11 is 0. The lowest BCUT2D eigenvalue weighted by Gasteiger charge is -2.18.